The molecule has 2 N–H and O–H groups in total. The predicted molar refractivity (Wildman–Crippen MR) is 60.5 cm³/mol. The van der Waals surface area contributed by atoms with Gasteiger partial charge in [-0.05, 0) is 19.4 Å². The molecule has 0 fully saturated rings. The van der Waals surface area contributed by atoms with E-state index in [1.54, 1.807) is 10.9 Å². The van der Waals surface area contributed by atoms with E-state index in [0.29, 0.717) is 19.1 Å². The Balaban J connectivity index is 2.18. The first-order chi connectivity index (χ1) is 7.22. The number of hydrogen-bond donors (Lipinski definition) is 2. The number of aliphatic hydroxyl groups excluding tert-OH is 1. The molecule has 0 spiro atoms. The largest absolute Gasteiger partial charge is 0.390 e. The van der Waals surface area contributed by atoms with Crippen molar-refractivity contribution in [2.45, 2.75) is 32.0 Å². The van der Waals surface area contributed by atoms with E-state index < -0.39 is 6.10 Å². The summed E-state index contributed by atoms with van der Waals surface area (Å²) in [5, 5.41) is 17.0. The summed E-state index contributed by atoms with van der Waals surface area (Å²) in [7, 11) is 0. The summed E-state index contributed by atoms with van der Waals surface area (Å²) in [5.41, 5.74) is 0. The fraction of sp³-hybridized carbons (Fsp3) is 0.545. The second-order valence-corrected chi connectivity index (χ2v) is 3.72. The van der Waals surface area contributed by atoms with Crippen molar-refractivity contribution in [3.05, 3.63) is 31.1 Å². The average Bonchev–Trinajstić information content (AvgIpc) is 2.68. The van der Waals surface area contributed by atoms with Crippen LogP contribution in [0.3, 0.4) is 0 Å². The summed E-state index contributed by atoms with van der Waals surface area (Å²) in [5.74, 6) is 0. The van der Waals surface area contributed by atoms with Gasteiger partial charge in [0.05, 0.1) is 12.6 Å². The van der Waals surface area contributed by atoms with Gasteiger partial charge < -0.3 is 10.4 Å². The first kappa shape index (κ1) is 11.9. The van der Waals surface area contributed by atoms with Crippen LogP contribution in [0, 0.1) is 0 Å². The van der Waals surface area contributed by atoms with Gasteiger partial charge in [0.1, 0.15) is 0 Å². The molecule has 4 heteroatoms. The smallest absolute Gasteiger partial charge is 0.0860 e. The Bertz CT molecular complexity index is 271. The maximum atomic E-state index is 9.69. The number of rotatable bonds is 7. The van der Waals surface area contributed by atoms with Crippen LogP contribution in [0.1, 0.15) is 13.3 Å². The van der Waals surface area contributed by atoms with Crippen molar-refractivity contribution in [2.24, 2.45) is 0 Å². The molecule has 4 nitrogen and oxygen atoms in total. The van der Waals surface area contributed by atoms with Gasteiger partial charge in [-0.2, -0.15) is 5.10 Å². The van der Waals surface area contributed by atoms with Crippen molar-refractivity contribution >= 4 is 0 Å². The lowest BCUT2D eigenvalue weighted by Gasteiger charge is -2.15. The van der Waals surface area contributed by atoms with Crippen LogP contribution < -0.4 is 5.32 Å². The Hall–Kier alpha value is -1.13. The second-order valence-electron chi connectivity index (χ2n) is 3.72. The number of nitrogens with one attached hydrogen (secondary N) is 1. The van der Waals surface area contributed by atoms with Crippen LogP contribution in [-0.2, 0) is 6.54 Å². The van der Waals surface area contributed by atoms with Crippen LogP contribution in [0.25, 0.3) is 0 Å². The molecule has 0 aliphatic carbocycles. The molecule has 0 amide bonds. The maximum Gasteiger partial charge on any atom is 0.0860 e. The van der Waals surface area contributed by atoms with Crippen LogP contribution >= 0.6 is 0 Å². The average molecular weight is 209 g/mol. The standard InChI is InChI=1S/C11H19N3O/c1-3-5-10(2)12-8-11(15)9-14-7-4-6-13-14/h3-4,6-7,10-12,15H,1,5,8-9H2,2H3. The zero-order valence-electron chi connectivity index (χ0n) is 9.13. The van der Waals surface area contributed by atoms with Gasteiger partial charge in [0.2, 0.25) is 0 Å². The van der Waals surface area contributed by atoms with Gasteiger partial charge in [-0.25, -0.2) is 0 Å². The summed E-state index contributed by atoms with van der Waals surface area (Å²) in [6.45, 7) is 6.85. The Labute approximate surface area is 90.6 Å². The van der Waals surface area contributed by atoms with Crippen molar-refractivity contribution in [1.82, 2.24) is 15.1 Å². The molecule has 0 aliphatic rings. The molecule has 0 radical (unpaired) electrons. The van der Waals surface area contributed by atoms with Crippen molar-refractivity contribution in [2.75, 3.05) is 6.54 Å². The van der Waals surface area contributed by atoms with Crippen LogP contribution in [0.5, 0.6) is 0 Å². The molecule has 1 rings (SSSR count). The maximum absolute atomic E-state index is 9.69. The Morgan fingerprint density at radius 3 is 3.07 bits per heavy atom. The van der Waals surface area contributed by atoms with E-state index in [2.05, 4.69) is 23.9 Å². The van der Waals surface area contributed by atoms with E-state index in [1.807, 2.05) is 18.3 Å². The van der Waals surface area contributed by atoms with E-state index >= 15 is 0 Å². The molecular weight excluding hydrogens is 190 g/mol. The summed E-state index contributed by atoms with van der Waals surface area (Å²) in [4.78, 5) is 0. The van der Waals surface area contributed by atoms with Crippen LogP contribution in [0.15, 0.2) is 31.1 Å². The quantitative estimate of drug-likeness (QED) is 0.653. The monoisotopic (exact) mass is 209 g/mol. The number of hydrogen-bond acceptors (Lipinski definition) is 3. The van der Waals surface area contributed by atoms with E-state index in [4.69, 9.17) is 0 Å². The highest BCUT2D eigenvalue weighted by molar-refractivity contribution is 4.79. The topological polar surface area (TPSA) is 50.1 Å². The Morgan fingerprint density at radius 2 is 2.47 bits per heavy atom. The zero-order valence-corrected chi connectivity index (χ0v) is 9.13. The number of aromatic nitrogens is 2. The van der Waals surface area contributed by atoms with Gasteiger partial charge in [-0.1, -0.05) is 6.08 Å². The highest BCUT2D eigenvalue weighted by Crippen LogP contribution is 1.93. The molecule has 15 heavy (non-hydrogen) atoms. The predicted octanol–water partition coefficient (Wildman–Crippen LogP) is 0.798. The lowest BCUT2D eigenvalue weighted by molar-refractivity contribution is 0.143. The molecule has 1 aromatic heterocycles. The zero-order chi connectivity index (χ0) is 11.1. The van der Waals surface area contributed by atoms with Gasteiger partial charge in [0, 0.05) is 25.0 Å². The number of nitrogens with zero attached hydrogens (tertiary/aromatic N) is 2. The van der Waals surface area contributed by atoms with Crippen LogP contribution in [-0.4, -0.2) is 33.6 Å². The summed E-state index contributed by atoms with van der Waals surface area (Å²) in [6.07, 6.45) is 5.93. The third kappa shape index (κ3) is 4.76. The van der Waals surface area contributed by atoms with Crippen molar-refractivity contribution < 1.29 is 5.11 Å². The minimum atomic E-state index is -0.405. The molecule has 0 aromatic carbocycles. The fourth-order valence-corrected chi connectivity index (χ4v) is 1.36. The summed E-state index contributed by atoms with van der Waals surface area (Å²) in [6, 6.07) is 2.20. The van der Waals surface area contributed by atoms with Crippen molar-refractivity contribution in [1.29, 1.82) is 0 Å². The molecule has 0 saturated heterocycles. The molecule has 2 unspecified atom stereocenters. The summed E-state index contributed by atoms with van der Waals surface area (Å²) >= 11 is 0. The van der Waals surface area contributed by atoms with Gasteiger partial charge in [-0.3, -0.25) is 4.68 Å². The SMILES string of the molecule is C=CCC(C)NCC(O)Cn1cccn1. The molecular formula is C11H19N3O. The van der Waals surface area contributed by atoms with Gasteiger partial charge >= 0.3 is 0 Å². The molecule has 0 aliphatic heterocycles. The van der Waals surface area contributed by atoms with Crippen molar-refractivity contribution in [3.8, 4) is 0 Å². The van der Waals surface area contributed by atoms with E-state index in [0.717, 1.165) is 6.42 Å². The minimum Gasteiger partial charge on any atom is -0.390 e. The summed E-state index contributed by atoms with van der Waals surface area (Å²) < 4.78 is 1.73. The van der Waals surface area contributed by atoms with E-state index in [1.165, 1.54) is 0 Å². The number of aliphatic hydroxyl groups is 1. The highest BCUT2D eigenvalue weighted by Gasteiger charge is 2.06. The lowest BCUT2D eigenvalue weighted by atomic mass is 10.2. The molecule has 1 heterocycles. The normalized spacial score (nSPS) is 14.8. The molecule has 0 saturated carbocycles. The van der Waals surface area contributed by atoms with Gasteiger partial charge in [0.15, 0.2) is 0 Å². The third-order valence-electron chi connectivity index (χ3n) is 2.18. The highest BCUT2D eigenvalue weighted by atomic mass is 16.3. The first-order valence-corrected chi connectivity index (χ1v) is 5.22. The Morgan fingerprint density at radius 1 is 1.67 bits per heavy atom. The first-order valence-electron chi connectivity index (χ1n) is 5.22. The van der Waals surface area contributed by atoms with E-state index in [-0.39, 0.29) is 0 Å². The molecule has 1 aromatic rings. The third-order valence-corrected chi connectivity index (χ3v) is 2.18. The van der Waals surface area contributed by atoms with E-state index in [9.17, 15) is 5.11 Å². The lowest BCUT2D eigenvalue weighted by Crippen LogP contribution is -2.35. The second kappa shape index (κ2) is 6.37. The Kier molecular flexibility index (Phi) is 5.07. The van der Waals surface area contributed by atoms with Crippen LogP contribution in [0.2, 0.25) is 0 Å². The van der Waals surface area contributed by atoms with Crippen molar-refractivity contribution in [3.63, 3.8) is 0 Å². The molecule has 0 bridgehead atoms. The van der Waals surface area contributed by atoms with Gasteiger partial charge in [0.25, 0.3) is 0 Å². The minimum absolute atomic E-state index is 0.356. The molecule has 84 valence electrons. The fourth-order valence-electron chi connectivity index (χ4n) is 1.36. The molecule has 2 atom stereocenters. The van der Waals surface area contributed by atoms with Gasteiger partial charge in [-0.15, -0.1) is 6.58 Å². The van der Waals surface area contributed by atoms with Crippen LogP contribution in [0.4, 0.5) is 0 Å².